The number of ether oxygens (including phenoxy) is 2. The number of carbonyl (C=O) groups is 1. The lowest BCUT2D eigenvalue weighted by Gasteiger charge is -2.20. The van der Waals surface area contributed by atoms with Crippen LogP contribution in [0.25, 0.3) is 0 Å². The number of para-hydroxylation sites is 1. The molecule has 0 saturated heterocycles. The lowest BCUT2D eigenvalue weighted by atomic mass is 10.1. The van der Waals surface area contributed by atoms with E-state index in [1.165, 1.54) is 0 Å². The van der Waals surface area contributed by atoms with Crippen LogP contribution in [-0.4, -0.2) is 19.1 Å². The lowest BCUT2D eigenvalue weighted by molar-refractivity contribution is -0.127. The molecular weight excluding hydrogens is 314 g/mol. The zero-order valence-corrected chi connectivity index (χ0v) is 14.1. The van der Waals surface area contributed by atoms with E-state index in [-0.39, 0.29) is 11.9 Å². The van der Waals surface area contributed by atoms with Crippen molar-refractivity contribution in [1.29, 1.82) is 0 Å². The van der Waals surface area contributed by atoms with Gasteiger partial charge in [0.2, 0.25) is 0 Å². The van der Waals surface area contributed by atoms with Crippen molar-refractivity contribution in [3.8, 4) is 11.5 Å². The average Bonchev–Trinajstić information content (AvgIpc) is 2.56. The predicted molar refractivity (Wildman–Crippen MR) is 91.1 cm³/mol. The third-order valence-corrected chi connectivity index (χ3v) is 3.71. The second-order valence-electron chi connectivity index (χ2n) is 5.19. The first kappa shape index (κ1) is 17.2. The molecular formula is C18H20ClNO3. The number of halogens is 1. The van der Waals surface area contributed by atoms with Crippen LogP contribution in [0, 0.1) is 0 Å². The van der Waals surface area contributed by atoms with Crippen molar-refractivity contribution in [1.82, 2.24) is 5.32 Å². The third kappa shape index (κ3) is 4.63. The highest BCUT2D eigenvalue weighted by molar-refractivity contribution is 6.30. The molecule has 23 heavy (non-hydrogen) atoms. The standard InChI is InChI=1S/C18H20ClNO3/c1-12(16-6-4-5-7-17(16)22-3)20-18(21)13(2)23-15-10-8-14(19)9-11-15/h4-13H,1-3H3,(H,20,21)/t12-,13+/m0/s1. The topological polar surface area (TPSA) is 47.6 Å². The highest BCUT2D eigenvalue weighted by Crippen LogP contribution is 2.24. The second kappa shape index (κ2) is 7.88. The van der Waals surface area contributed by atoms with E-state index in [4.69, 9.17) is 21.1 Å². The SMILES string of the molecule is COc1ccccc1[C@H](C)NC(=O)[C@@H](C)Oc1ccc(Cl)cc1. The van der Waals surface area contributed by atoms with E-state index in [1.807, 2.05) is 31.2 Å². The molecule has 0 aliphatic rings. The van der Waals surface area contributed by atoms with Crippen LogP contribution < -0.4 is 14.8 Å². The number of nitrogens with one attached hydrogen (secondary N) is 1. The van der Waals surface area contributed by atoms with Gasteiger partial charge in [-0.1, -0.05) is 29.8 Å². The number of hydrogen-bond donors (Lipinski definition) is 1. The summed E-state index contributed by atoms with van der Waals surface area (Å²) in [6, 6.07) is 14.3. The molecule has 0 fully saturated rings. The van der Waals surface area contributed by atoms with E-state index in [0.717, 1.165) is 11.3 Å². The molecule has 2 aromatic rings. The molecule has 0 aliphatic carbocycles. The molecule has 0 spiro atoms. The summed E-state index contributed by atoms with van der Waals surface area (Å²) in [5.74, 6) is 1.15. The summed E-state index contributed by atoms with van der Waals surface area (Å²) in [4.78, 5) is 12.3. The fraction of sp³-hybridized carbons (Fsp3) is 0.278. The highest BCUT2D eigenvalue weighted by Gasteiger charge is 2.19. The summed E-state index contributed by atoms with van der Waals surface area (Å²) < 4.78 is 10.9. The first-order valence-corrected chi connectivity index (χ1v) is 7.74. The van der Waals surface area contributed by atoms with Crippen LogP contribution >= 0.6 is 11.6 Å². The van der Waals surface area contributed by atoms with Gasteiger partial charge in [-0.25, -0.2) is 0 Å². The van der Waals surface area contributed by atoms with E-state index in [2.05, 4.69) is 5.32 Å². The maximum atomic E-state index is 12.3. The summed E-state index contributed by atoms with van der Waals surface area (Å²) in [6.45, 7) is 3.61. The van der Waals surface area contributed by atoms with Crippen molar-refractivity contribution < 1.29 is 14.3 Å². The first-order chi connectivity index (χ1) is 11.0. The minimum Gasteiger partial charge on any atom is -0.496 e. The average molecular weight is 334 g/mol. The quantitative estimate of drug-likeness (QED) is 0.869. The smallest absolute Gasteiger partial charge is 0.261 e. The van der Waals surface area contributed by atoms with Gasteiger partial charge in [-0.3, -0.25) is 4.79 Å². The van der Waals surface area contributed by atoms with Crippen LogP contribution in [0.4, 0.5) is 0 Å². The normalized spacial score (nSPS) is 13.0. The molecule has 122 valence electrons. The maximum absolute atomic E-state index is 12.3. The Bertz CT molecular complexity index is 658. The van der Waals surface area contributed by atoms with Crippen LogP contribution in [0.3, 0.4) is 0 Å². The molecule has 1 N–H and O–H groups in total. The molecule has 4 nitrogen and oxygen atoms in total. The summed E-state index contributed by atoms with van der Waals surface area (Å²) in [5.41, 5.74) is 0.919. The van der Waals surface area contributed by atoms with Gasteiger partial charge in [0.05, 0.1) is 13.2 Å². The van der Waals surface area contributed by atoms with Crippen molar-refractivity contribution in [3.05, 3.63) is 59.1 Å². The van der Waals surface area contributed by atoms with Gasteiger partial charge < -0.3 is 14.8 Å². The Hall–Kier alpha value is -2.20. The van der Waals surface area contributed by atoms with Gasteiger partial charge in [0.25, 0.3) is 5.91 Å². The molecule has 5 heteroatoms. The van der Waals surface area contributed by atoms with Crippen LogP contribution in [0.2, 0.25) is 5.02 Å². The van der Waals surface area contributed by atoms with E-state index in [1.54, 1.807) is 38.3 Å². The van der Waals surface area contributed by atoms with E-state index in [9.17, 15) is 4.79 Å². The number of carbonyl (C=O) groups excluding carboxylic acids is 1. The van der Waals surface area contributed by atoms with Crippen LogP contribution in [0.1, 0.15) is 25.5 Å². The Labute approximate surface area is 141 Å². The Balaban J connectivity index is 1.98. The number of rotatable bonds is 6. The molecule has 0 saturated carbocycles. The molecule has 0 aliphatic heterocycles. The van der Waals surface area contributed by atoms with Crippen LogP contribution in [0.5, 0.6) is 11.5 Å². The Morgan fingerprint density at radius 2 is 1.74 bits per heavy atom. The largest absolute Gasteiger partial charge is 0.496 e. The Morgan fingerprint density at radius 3 is 2.39 bits per heavy atom. The number of hydrogen-bond acceptors (Lipinski definition) is 3. The Morgan fingerprint density at radius 1 is 1.09 bits per heavy atom. The molecule has 1 amide bonds. The molecule has 0 aromatic heterocycles. The molecule has 0 unspecified atom stereocenters. The van der Waals surface area contributed by atoms with Crippen molar-refractivity contribution in [2.45, 2.75) is 26.0 Å². The van der Waals surface area contributed by atoms with E-state index < -0.39 is 6.10 Å². The van der Waals surface area contributed by atoms with Crippen LogP contribution in [-0.2, 0) is 4.79 Å². The molecule has 2 aromatic carbocycles. The van der Waals surface area contributed by atoms with Gasteiger partial charge in [-0.05, 0) is 44.2 Å². The fourth-order valence-electron chi connectivity index (χ4n) is 2.20. The molecule has 2 atom stereocenters. The Kier molecular flexibility index (Phi) is 5.88. The van der Waals surface area contributed by atoms with Gasteiger partial charge in [-0.2, -0.15) is 0 Å². The zero-order chi connectivity index (χ0) is 16.8. The van der Waals surface area contributed by atoms with E-state index >= 15 is 0 Å². The van der Waals surface area contributed by atoms with Gasteiger partial charge in [-0.15, -0.1) is 0 Å². The van der Waals surface area contributed by atoms with Gasteiger partial charge in [0.1, 0.15) is 11.5 Å². The van der Waals surface area contributed by atoms with Gasteiger partial charge in [0.15, 0.2) is 6.10 Å². The summed E-state index contributed by atoms with van der Waals surface area (Å²) in [7, 11) is 1.61. The monoisotopic (exact) mass is 333 g/mol. The van der Waals surface area contributed by atoms with E-state index in [0.29, 0.717) is 10.8 Å². The van der Waals surface area contributed by atoms with Crippen molar-refractivity contribution in [2.24, 2.45) is 0 Å². The van der Waals surface area contributed by atoms with Crippen molar-refractivity contribution in [3.63, 3.8) is 0 Å². The number of benzene rings is 2. The van der Waals surface area contributed by atoms with Gasteiger partial charge in [0, 0.05) is 10.6 Å². The zero-order valence-electron chi connectivity index (χ0n) is 13.4. The fourth-order valence-corrected chi connectivity index (χ4v) is 2.33. The predicted octanol–water partition coefficient (Wildman–Crippen LogP) is 3.99. The minimum absolute atomic E-state index is 0.185. The highest BCUT2D eigenvalue weighted by atomic mass is 35.5. The first-order valence-electron chi connectivity index (χ1n) is 7.36. The van der Waals surface area contributed by atoms with Gasteiger partial charge >= 0.3 is 0 Å². The summed E-state index contributed by atoms with van der Waals surface area (Å²) in [5, 5.41) is 3.56. The number of amides is 1. The van der Waals surface area contributed by atoms with Crippen molar-refractivity contribution in [2.75, 3.05) is 7.11 Å². The molecule has 0 heterocycles. The van der Waals surface area contributed by atoms with Crippen LogP contribution in [0.15, 0.2) is 48.5 Å². The molecule has 0 bridgehead atoms. The molecule has 0 radical (unpaired) electrons. The minimum atomic E-state index is -0.617. The maximum Gasteiger partial charge on any atom is 0.261 e. The third-order valence-electron chi connectivity index (χ3n) is 3.46. The number of methoxy groups -OCH3 is 1. The summed E-state index contributed by atoms with van der Waals surface area (Å²) in [6.07, 6.45) is -0.617. The second-order valence-corrected chi connectivity index (χ2v) is 5.62. The van der Waals surface area contributed by atoms with Crippen molar-refractivity contribution >= 4 is 17.5 Å². The molecule has 2 rings (SSSR count). The lowest BCUT2D eigenvalue weighted by Crippen LogP contribution is -2.37. The summed E-state index contributed by atoms with van der Waals surface area (Å²) >= 11 is 5.83.